The van der Waals surface area contributed by atoms with Crippen molar-refractivity contribution in [3.8, 4) is 11.1 Å². The molecule has 0 saturated carbocycles. The first-order chi connectivity index (χ1) is 14.0. The van der Waals surface area contributed by atoms with Crippen molar-refractivity contribution in [1.29, 1.82) is 0 Å². The van der Waals surface area contributed by atoms with Gasteiger partial charge in [0.2, 0.25) is 0 Å². The highest BCUT2D eigenvalue weighted by molar-refractivity contribution is 5.93. The van der Waals surface area contributed by atoms with Gasteiger partial charge >= 0.3 is 5.97 Å². The number of aromatic carboxylic acids is 1. The maximum Gasteiger partial charge on any atom is 0.335 e. The third-order valence-corrected chi connectivity index (χ3v) is 7.04. The van der Waals surface area contributed by atoms with Gasteiger partial charge < -0.3 is 5.11 Å². The molecule has 0 radical (unpaired) electrons. The quantitative estimate of drug-likeness (QED) is 0.489. The van der Waals surface area contributed by atoms with Gasteiger partial charge in [-0.15, -0.1) is 0 Å². The summed E-state index contributed by atoms with van der Waals surface area (Å²) in [6.07, 6.45) is 2.41. The van der Waals surface area contributed by atoms with Crippen molar-refractivity contribution in [2.75, 3.05) is 0 Å². The van der Waals surface area contributed by atoms with Crippen molar-refractivity contribution in [2.24, 2.45) is 0 Å². The Labute approximate surface area is 179 Å². The summed E-state index contributed by atoms with van der Waals surface area (Å²) < 4.78 is 0. The van der Waals surface area contributed by atoms with Crippen LogP contribution in [0.2, 0.25) is 0 Å². The van der Waals surface area contributed by atoms with Gasteiger partial charge in [0, 0.05) is 0 Å². The second-order valence-electron chi connectivity index (χ2n) is 10.5. The molecule has 156 valence electrons. The highest BCUT2D eigenvalue weighted by Gasteiger charge is 2.37. The molecular weight excluding hydrogens is 368 g/mol. The van der Waals surface area contributed by atoms with Gasteiger partial charge in [-0.2, -0.15) is 0 Å². The summed E-state index contributed by atoms with van der Waals surface area (Å²) in [4.78, 5) is 11.2. The molecular formula is C28H32O2. The Balaban J connectivity index is 1.97. The summed E-state index contributed by atoms with van der Waals surface area (Å²) in [6, 6.07) is 16.7. The zero-order valence-electron chi connectivity index (χ0n) is 19.0. The minimum Gasteiger partial charge on any atom is -0.478 e. The van der Waals surface area contributed by atoms with E-state index in [4.69, 9.17) is 0 Å². The number of rotatable bonds is 3. The van der Waals surface area contributed by atoms with Crippen molar-refractivity contribution in [1.82, 2.24) is 0 Å². The van der Waals surface area contributed by atoms with E-state index in [1.165, 1.54) is 40.3 Å². The number of carbonyl (C=O) groups is 1. The van der Waals surface area contributed by atoms with Crippen LogP contribution >= 0.6 is 0 Å². The van der Waals surface area contributed by atoms with Gasteiger partial charge in [-0.05, 0) is 86.4 Å². The molecule has 0 bridgehead atoms. The maximum absolute atomic E-state index is 11.2. The van der Waals surface area contributed by atoms with Crippen molar-refractivity contribution < 1.29 is 9.90 Å². The van der Waals surface area contributed by atoms with E-state index in [9.17, 15) is 9.90 Å². The van der Waals surface area contributed by atoms with Crippen molar-refractivity contribution in [3.05, 3.63) is 70.8 Å². The highest BCUT2D eigenvalue weighted by Crippen LogP contribution is 2.48. The van der Waals surface area contributed by atoms with Gasteiger partial charge in [-0.3, -0.25) is 0 Å². The Morgan fingerprint density at radius 3 is 1.93 bits per heavy atom. The van der Waals surface area contributed by atoms with Crippen molar-refractivity contribution >= 4 is 16.7 Å². The Kier molecular flexibility index (Phi) is 4.80. The minimum absolute atomic E-state index is 0.177. The Hall–Kier alpha value is -2.61. The van der Waals surface area contributed by atoms with Crippen LogP contribution in [-0.2, 0) is 10.8 Å². The van der Waals surface area contributed by atoms with Gasteiger partial charge in [-0.1, -0.05) is 71.9 Å². The monoisotopic (exact) mass is 400 g/mol. The molecule has 0 aromatic heterocycles. The molecule has 2 nitrogen and oxygen atoms in total. The van der Waals surface area contributed by atoms with Crippen LogP contribution in [0.1, 0.15) is 87.4 Å². The first-order valence-electron chi connectivity index (χ1n) is 11.0. The molecule has 4 rings (SSSR count). The number of benzene rings is 3. The van der Waals surface area contributed by atoms with Gasteiger partial charge in [-0.25, -0.2) is 4.79 Å². The minimum atomic E-state index is -0.889. The van der Waals surface area contributed by atoms with Crippen LogP contribution in [0.5, 0.6) is 0 Å². The molecule has 0 saturated heterocycles. The van der Waals surface area contributed by atoms with Crippen molar-refractivity contribution in [3.63, 3.8) is 0 Å². The van der Waals surface area contributed by atoms with E-state index in [1.54, 1.807) is 12.1 Å². The summed E-state index contributed by atoms with van der Waals surface area (Å²) in [5.74, 6) is -0.483. The second kappa shape index (κ2) is 6.97. The molecule has 0 atom stereocenters. The van der Waals surface area contributed by atoms with Crippen LogP contribution in [0.15, 0.2) is 48.5 Å². The average molecular weight is 401 g/mol. The molecule has 1 aliphatic carbocycles. The molecule has 3 aromatic carbocycles. The lowest BCUT2D eigenvalue weighted by atomic mass is 9.62. The largest absolute Gasteiger partial charge is 0.478 e. The Morgan fingerprint density at radius 1 is 0.833 bits per heavy atom. The fourth-order valence-electron chi connectivity index (χ4n) is 4.90. The SMILES string of the molecule is CC(C)c1cc(-c2ccc(C(=O)O)cc2)cc2cc3c(cc12)C(C)(C)CCC3(C)C. The second-order valence-corrected chi connectivity index (χ2v) is 10.5. The van der Waals surface area contributed by atoms with Crippen LogP contribution in [0.3, 0.4) is 0 Å². The smallest absolute Gasteiger partial charge is 0.335 e. The van der Waals surface area contributed by atoms with E-state index in [2.05, 4.69) is 65.8 Å². The summed E-state index contributed by atoms with van der Waals surface area (Å²) in [7, 11) is 0. The van der Waals surface area contributed by atoms with E-state index < -0.39 is 5.97 Å². The molecule has 1 aliphatic rings. The van der Waals surface area contributed by atoms with E-state index >= 15 is 0 Å². The number of hydrogen-bond acceptors (Lipinski definition) is 1. The standard InChI is InChI=1S/C28H32O2/c1-17(2)22-14-20(18-7-9-19(10-8-18)26(29)30)13-21-15-24-25(16-23(21)22)28(5,6)12-11-27(24,3)4/h7-10,13-17H,11-12H2,1-6H3,(H,29,30). The summed E-state index contributed by atoms with van der Waals surface area (Å²) in [6.45, 7) is 14.0. The van der Waals surface area contributed by atoms with E-state index in [0.29, 0.717) is 11.5 Å². The molecule has 0 aliphatic heterocycles. The van der Waals surface area contributed by atoms with Crippen LogP contribution in [0.4, 0.5) is 0 Å². The molecule has 2 heteroatoms. The maximum atomic E-state index is 11.2. The van der Waals surface area contributed by atoms with Crippen LogP contribution in [0.25, 0.3) is 21.9 Å². The molecule has 1 N–H and O–H groups in total. The van der Waals surface area contributed by atoms with E-state index in [0.717, 1.165) is 11.1 Å². The molecule has 0 spiro atoms. The number of carboxylic acids is 1. The fraction of sp³-hybridized carbons (Fsp3) is 0.393. The van der Waals surface area contributed by atoms with Gasteiger partial charge in [0.1, 0.15) is 0 Å². The Bertz CT molecular complexity index is 1130. The fourth-order valence-corrected chi connectivity index (χ4v) is 4.90. The lowest BCUT2D eigenvalue weighted by molar-refractivity contribution is 0.0697. The third kappa shape index (κ3) is 3.43. The van der Waals surface area contributed by atoms with Crippen LogP contribution < -0.4 is 0 Å². The number of fused-ring (bicyclic) bond motifs is 2. The molecule has 0 amide bonds. The van der Waals surface area contributed by atoms with Gasteiger partial charge in [0.25, 0.3) is 0 Å². The number of hydrogen-bond donors (Lipinski definition) is 1. The lowest BCUT2D eigenvalue weighted by Crippen LogP contribution is -2.33. The van der Waals surface area contributed by atoms with Gasteiger partial charge in [0.05, 0.1) is 5.56 Å². The lowest BCUT2D eigenvalue weighted by Gasteiger charge is -2.42. The predicted molar refractivity (Wildman–Crippen MR) is 126 cm³/mol. The molecule has 0 unspecified atom stereocenters. The zero-order chi connectivity index (χ0) is 21.8. The topological polar surface area (TPSA) is 37.3 Å². The summed E-state index contributed by atoms with van der Waals surface area (Å²) in [5, 5.41) is 11.8. The van der Waals surface area contributed by atoms with E-state index in [1.807, 2.05) is 12.1 Å². The molecule has 3 aromatic rings. The first-order valence-corrected chi connectivity index (χ1v) is 11.0. The number of carboxylic acid groups (broad SMARTS) is 1. The first kappa shape index (κ1) is 20.7. The Morgan fingerprint density at radius 2 is 1.40 bits per heavy atom. The molecule has 0 fully saturated rings. The summed E-state index contributed by atoms with van der Waals surface area (Å²) >= 11 is 0. The average Bonchev–Trinajstić information content (AvgIpc) is 2.69. The van der Waals surface area contributed by atoms with Crippen LogP contribution in [0, 0.1) is 0 Å². The van der Waals surface area contributed by atoms with E-state index in [-0.39, 0.29) is 10.8 Å². The molecule has 30 heavy (non-hydrogen) atoms. The predicted octanol–water partition coefficient (Wildman–Crippen LogP) is 7.68. The zero-order valence-corrected chi connectivity index (χ0v) is 19.0. The highest BCUT2D eigenvalue weighted by atomic mass is 16.4. The van der Waals surface area contributed by atoms with Crippen molar-refractivity contribution in [2.45, 2.75) is 71.1 Å². The normalized spacial score (nSPS) is 17.2. The van der Waals surface area contributed by atoms with Crippen LogP contribution in [-0.4, -0.2) is 11.1 Å². The third-order valence-electron chi connectivity index (χ3n) is 7.04. The summed E-state index contributed by atoms with van der Waals surface area (Å²) in [5.41, 5.74) is 7.21. The van der Waals surface area contributed by atoms with Gasteiger partial charge in [0.15, 0.2) is 0 Å². The molecule has 0 heterocycles.